The molecule has 1 aliphatic rings. The Kier molecular flexibility index (Phi) is 5.88. The number of hydrogen-bond acceptors (Lipinski definition) is 3. The van der Waals surface area contributed by atoms with Crippen LogP contribution >= 0.6 is 11.6 Å². The number of nitrogen functional groups attached to an aromatic ring is 1. The second-order valence-corrected chi connectivity index (χ2v) is 6.11. The molecule has 0 aromatic heterocycles. The summed E-state index contributed by atoms with van der Waals surface area (Å²) in [4.78, 5) is 14.7. The van der Waals surface area contributed by atoms with E-state index in [1.165, 1.54) is 19.4 Å². The number of nitrogens with two attached hydrogens (primary N) is 1. The van der Waals surface area contributed by atoms with Crippen LogP contribution in [0.5, 0.6) is 0 Å². The molecule has 4 nitrogen and oxygen atoms in total. The van der Waals surface area contributed by atoms with Gasteiger partial charge in [0.05, 0.1) is 5.56 Å². The average Bonchev–Trinajstić information content (AvgIpc) is 2.46. The number of benzene rings is 1. The van der Waals surface area contributed by atoms with Crippen LogP contribution in [-0.2, 0) is 0 Å². The molecule has 0 bridgehead atoms. The van der Waals surface area contributed by atoms with E-state index in [2.05, 4.69) is 17.1 Å². The van der Waals surface area contributed by atoms with Gasteiger partial charge in [-0.1, -0.05) is 24.9 Å². The summed E-state index contributed by atoms with van der Waals surface area (Å²) < 4.78 is 0. The molecule has 0 unspecified atom stereocenters. The SMILES string of the molecule is CCCCN1CCC(NC(=O)c2ccc(Cl)cc2N)CC1. The standard InChI is InChI=1S/C16H24ClN3O/c1-2-3-8-20-9-6-13(7-10-20)19-16(21)14-5-4-12(17)11-15(14)18/h4-5,11,13H,2-3,6-10,18H2,1H3,(H,19,21). The Morgan fingerprint density at radius 3 is 2.76 bits per heavy atom. The topological polar surface area (TPSA) is 58.4 Å². The van der Waals surface area contributed by atoms with Crippen LogP contribution in [0, 0.1) is 0 Å². The number of nitrogens with one attached hydrogen (secondary N) is 1. The number of nitrogens with zero attached hydrogens (tertiary/aromatic N) is 1. The van der Waals surface area contributed by atoms with Crippen molar-refractivity contribution < 1.29 is 4.79 Å². The molecule has 116 valence electrons. The summed E-state index contributed by atoms with van der Waals surface area (Å²) in [6.07, 6.45) is 4.48. The zero-order valence-corrected chi connectivity index (χ0v) is 13.3. The Labute approximate surface area is 131 Å². The van der Waals surface area contributed by atoms with Crippen LogP contribution in [0.4, 0.5) is 5.69 Å². The Morgan fingerprint density at radius 1 is 1.43 bits per heavy atom. The number of halogens is 1. The quantitative estimate of drug-likeness (QED) is 0.822. The maximum Gasteiger partial charge on any atom is 0.253 e. The minimum absolute atomic E-state index is 0.101. The normalized spacial score (nSPS) is 16.9. The monoisotopic (exact) mass is 309 g/mol. The summed E-state index contributed by atoms with van der Waals surface area (Å²) in [5, 5.41) is 3.63. The molecule has 5 heteroatoms. The van der Waals surface area contributed by atoms with Gasteiger partial charge in [0.1, 0.15) is 0 Å². The summed E-state index contributed by atoms with van der Waals surface area (Å²) >= 11 is 5.85. The highest BCUT2D eigenvalue weighted by molar-refractivity contribution is 6.31. The molecule has 1 aliphatic heterocycles. The zero-order valence-electron chi connectivity index (χ0n) is 12.6. The van der Waals surface area contributed by atoms with Crippen molar-refractivity contribution in [1.82, 2.24) is 10.2 Å². The van der Waals surface area contributed by atoms with Gasteiger partial charge in [-0.05, 0) is 44.0 Å². The molecular formula is C16H24ClN3O. The predicted octanol–water partition coefficient (Wildman–Crippen LogP) is 2.92. The number of rotatable bonds is 5. The fourth-order valence-electron chi connectivity index (χ4n) is 2.69. The van der Waals surface area contributed by atoms with Gasteiger partial charge in [0.2, 0.25) is 0 Å². The molecule has 21 heavy (non-hydrogen) atoms. The van der Waals surface area contributed by atoms with E-state index in [9.17, 15) is 4.79 Å². The van der Waals surface area contributed by atoms with Crippen molar-refractivity contribution in [2.45, 2.75) is 38.6 Å². The van der Waals surface area contributed by atoms with Gasteiger partial charge in [0, 0.05) is 29.8 Å². The third-order valence-electron chi connectivity index (χ3n) is 4.01. The van der Waals surface area contributed by atoms with Crippen LogP contribution < -0.4 is 11.1 Å². The second kappa shape index (κ2) is 7.66. The van der Waals surface area contributed by atoms with Gasteiger partial charge in [0.25, 0.3) is 5.91 Å². The molecule has 2 rings (SSSR count). The van der Waals surface area contributed by atoms with Crippen molar-refractivity contribution in [1.29, 1.82) is 0 Å². The highest BCUT2D eigenvalue weighted by Gasteiger charge is 2.21. The smallest absolute Gasteiger partial charge is 0.253 e. The highest BCUT2D eigenvalue weighted by atomic mass is 35.5. The first kappa shape index (κ1) is 16.1. The van der Waals surface area contributed by atoms with Crippen molar-refractivity contribution in [3.8, 4) is 0 Å². The van der Waals surface area contributed by atoms with Crippen molar-refractivity contribution in [3.63, 3.8) is 0 Å². The molecular weight excluding hydrogens is 286 g/mol. The van der Waals surface area contributed by atoms with Gasteiger partial charge < -0.3 is 16.0 Å². The maximum absolute atomic E-state index is 12.3. The summed E-state index contributed by atoms with van der Waals surface area (Å²) in [6.45, 7) is 5.49. The molecule has 3 N–H and O–H groups in total. The Balaban J connectivity index is 1.84. The predicted molar refractivity (Wildman–Crippen MR) is 87.7 cm³/mol. The van der Waals surface area contributed by atoms with Crippen molar-refractivity contribution in [2.75, 3.05) is 25.4 Å². The van der Waals surface area contributed by atoms with Crippen LogP contribution in [0.2, 0.25) is 5.02 Å². The lowest BCUT2D eigenvalue weighted by molar-refractivity contribution is 0.0911. The van der Waals surface area contributed by atoms with Crippen LogP contribution in [0.25, 0.3) is 0 Å². The zero-order chi connectivity index (χ0) is 15.2. The molecule has 1 aromatic rings. The first-order valence-corrected chi connectivity index (χ1v) is 8.06. The number of carbonyl (C=O) groups is 1. The third kappa shape index (κ3) is 4.61. The summed E-state index contributed by atoms with van der Waals surface area (Å²) in [6, 6.07) is 5.23. The number of piperidine rings is 1. The minimum atomic E-state index is -0.101. The van der Waals surface area contributed by atoms with E-state index in [-0.39, 0.29) is 11.9 Å². The second-order valence-electron chi connectivity index (χ2n) is 5.67. The van der Waals surface area contributed by atoms with Gasteiger partial charge in [-0.2, -0.15) is 0 Å². The number of anilines is 1. The van der Waals surface area contributed by atoms with Crippen LogP contribution in [-0.4, -0.2) is 36.5 Å². The number of amides is 1. The number of likely N-dealkylation sites (tertiary alicyclic amines) is 1. The first-order chi connectivity index (χ1) is 10.1. The molecule has 0 atom stereocenters. The van der Waals surface area contributed by atoms with Crippen LogP contribution in [0.3, 0.4) is 0 Å². The molecule has 0 spiro atoms. The third-order valence-corrected chi connectivity index (χ3v) is 4.24. The van der Waals surface area contributed by atoms with E-state index in [4.69, 9.17) is 17.3 Å². The number of carbonyl (C=O) groups excluding carboxylic acids is 1. The summed E-state index contributed by atoms with van der Waals surface area (Å²) in [5.74, 6) is -0.101. The highest BCUT2D eigenvalue weighted by Crippen LogP contribution is 2.19. The van der Waals surface area contributed by atoms with E-state index in [0.717, 1.165) is 25.9 Å². The van der Waals surface area contributed by atoms with Crippen molar-refractivity contribution in [3.05, 3.63) is 28.8 Å². The largest absolute Gasteiger partial charge is 0.398 e. The Hall–Kier alpha value is -1.26. The van der Waals surface area contributed by atoms with Crippen LogP contribution in [0.1, 0.15) is 43.0 Å². The Morgan fingerprint density at radius 2 is 2.14 bits per heavy atom. The molecule has 0 saturated carbocycles. The lowest BCUT2D eigenvalue weighted by Crippen LogP contribution is -2.44. The molecule has 1 heterocycles. The van der Waals surface area contributed by atoms with Crippen molar-refractivity contribution in [2.24, 2.45) is 0 Å². The lowest BCUT2D eigenvalue weighted by atomic mass is 10.0. The number of hydrogen-bond donors (Lipinski definition) is 2. The first-order valence-electron chi connectivity index (χ1n) is 7.68. The lowest BCUT2D eigenvalue weighted by Gasteiger charge is -2.32. The fourth-order valence-corrected chi connectivity index (χ4v) is 2.87. The van der Waals surface area contributed by atoms with Crippen molar-refractivity contribution >= 4 is 23.2 Å². The molecule has 1 aromatic carbocycles. The van der Waals surface area contributed by atoms with Gasteiger partial charge in [0.15, 0.2) is 0 Å². The van der Waals surface area contributed by atoms with Gasteiger partial charge in [-0.15, -0.1) is 0 Å². The molecule has 0 radical (unpaired) electrons. The summed E-state index contributed by atoms with van der Waals surface area (Å²) in [5.41, 5.74) is 6.79. The molecule has 0 aliphatic carbocycles. The fraction of sp³-hybridized carbons (Fsp3) is 0.562. The maximum atomic E-state index is 12.3. The molecule has 1 amide bonds. The van der Waals surface area contributed by atoms with Crippen LogP contribution in [0.15, 0.2) is 18.2 Å². The van der Waals surface area contributed by atoms with Gasteiger partial charge in [-0.3, -0.25) is 4.79 Å². The van der Waals surface area contributed by atoms with E-state index < -0.39 is 0 Å². The van der Waals surface area contributed by atoms with E-state index in [1.807, 2.05) is 0 Å². The molecule has 1 fully saturated rings. The van der Waals surface area contributed by atoms with Gasteiger partial charge >= 0.3 is 0 Å². The van der Waals surface area contributed by atoms with Gasteiger partial charge in [-0.25, -0.2) is 0 Å². The summed E-state index contributed by atoms with van der Waals surface area (Å²) in [7, 11) is 0. The minimum Gasteiger partial charge on any atom is -0.398 e. The van der Waals surface area contributed by atoms with E-state index in [0.29, 0.717) is 16.3 Å². The number of unbranched alkanes of at least 4 members (excludes halogenated alkanes) is 1. The molecule has 1 saturated heterocycles. The Bertz CT molecular complexity index is 484. The van der Waals surface area contributed by atoms with E-state index >= 15 is 0 Å². The average molecular weight is 310 g/mol. The van der Waals surface area contributed by atoms with E-state index in [1.54, 1.807) is 18.2 Å².